The Balaban J connectivity index is 2.05. The third kappa shape index (κ3) is 2.68. The molecule has 0 amide bonds. The van der Waals surface area contributed by atoms with E-state index in [4.69, 9.17) is 4.74 Å². The normalized spacial score (nSPS) is 11.0. The number of hydrogen-bond acceptors (Lipinski definition) is 4. The SMILES string of the molecule is COc1ccc(-c2sc(-c3sc(I)cc3C)cc2C)s1. The lowest BCUT2D eigenvalue weighted by molar-refractivity contribution is 0.427. The van der Waals surface area contributed by atoms with E-state index in [2.05, 4.69) is 54.6 Å². The molecule has 0 saturated carbocycles. The molecule has 3 rings (SSSR count). The second-order valence-corrected chi connectivity index (χ2v) is 9.55. The van der Waals surface area contributed by atoms with Crippen molar-refractivity contribution in [2.24, 2.45) is 0 Å². The van der Waals surface area contributed by atoms with Gasteiger partial charge in [-0.05, 0) is 71.8 Å². The quantitative estimate of drug-likeness (QED) is 0.433. The van der Waals surface area contributed by atoms with Crippen molar-refractivity contribution in [2.45, 2.75) is 13.8 Å². The summed E-state index contributed by atoms with van der Waals surface area (Å²) in [5.41, 5.74) is 2.72. The third-order valence-corrected chi connectivity index (χ3v) is 7.68. The Kier molecular flexibility index (Phi) is 4.21. The zero-order valence-corrected chi connectivity index (χ0v) is 15.9. The Morgan fingerprint density at radius 2 is 1.60 bits per heavy atom. The van der Waals surface area contributed by atoms with Crippen LogP contribution < -0.4 is 4.74 Å². The lowest BCUT2D eigenvalue weighted by atomic mass is 10.2. The first-order chi connectivity index (χ1) is 9.58. The van der Waals surface area contributed by atoms with Gasteiger partial charge in [0.05, 0.1) is 9.99 Å². The van der Waals surface area contributed by atoms with Gasteiger partial charge in [0.1, 0.15) is 0 Å². The maximum atomic E-state index is 5.29. The highest BCUT2D eigenvalue weighted by atomic mass is 127. The van der Waals surface area contributed by atoms with Crippen LogP contribution in [0.3, 0.4) is 0 Å². The number of hydrogen-bond donors (Lipinski definition) is 0. The van der Waals surface area contributed by atoms with Crippen LogP contribution >= 0.6 is 56.6 Å². The number of methoxy groups -OCH3 is 1. The summed E-state index contributed by atoms with van der Waals surface area (Å²) in [6, 6.07) is 8.75. The predicted molar refractivity (Wildman–Crippen MR) is 99.7 cm³/mol. The van der Waals surface area contributed by atoms with Crippen LogP contribution in [-0.4, -0.2) is 7.11 Å². The molecule has 0 fully saturated rings. The lowest BCUT2D eigenvalue weighted by Crippen LogP contribution is -1.73. The molecule has 1 nitrogen and oxygen atoms in total. The van der Waals surface area contributed by atoms with Gasteiger partial charge < -0.3 is 4.74 Å². The maximum Gasteiger partial charge on any atom is 0.173 e. The Labute approximate surface area is 144 Å². The maximum absolute atomic E-state index is 5.29. The summed E-state index contributed by atoms with van der Waals surface area (Å²) in [6.45, 7) is 4.38. The third-order valence-electron chi connectivity index (χ3n) is 3.04. The van der Waals surface area contributed by atoms with Gasteiger partial charge in [0.25, 0.3) is 0 Å². The molecule has 0 aliphatic rings. The summed E-state index contributed by atoms with van der Waals surface area (Å²) in [4.78, 5) is 5.42. The van der Waals surface area contributed by atoms with Gasteiger partial charge in [-0.1, -0.05) is 11.3 Å². The van der Waals surface area contributed by atoms with Crippen LogP contribution in [0.4, 0.5) is 0 Å². The molecule has 0 bridgehead atoms. The number of thiophene rings is 3. The van der Waals surface area contributed by atoms with Crippen molar-refractivity contribution < 1.29 is 4.74 Å². The first kappa shape index (κ1) is 14.6. The van der Waals surface area contributed by atoms with E-state index >= 15 is 0 Å². The van der Waals surface area contributed by atoms with Crippen LogP contribution in [-0.2, 0) is 0 Å². The smallest absolute Gasteiger partial charge is 0.173 e. The van der Waals surface area contributed by atoms with E-state index in [0.29, 0.717) is 0 Å². The molecular formula is C15H13IOS3. The first-order valence-electron chi connectivity index (χ1n) is 6.09. The fraction of sp³-hybridized carbons (Fsp3) is 0.200. The minimum absolute atomic E-state index is 0.969. The fourth-order valence-corrected chi connectivity index (χ4v) is 6.44. The second kappa shape index (κ2) is 5.79. The van der Waals surface area contributed by atoms with E-state index in [1.165, 1.54) is 33.5 Å². The molecule has 0 unspecified atom stereocenters. The van der Waals surface area contributed by atoms with Crippen molar-refractivity contribution in [1.82, 2.24) is 0 Å². The van der Waals surface area contributed by atoms with E-state index < -0.39 is 0 Å². The Hall–Kier alpha value is -0.370. The predicted octanol–water partition coefficient (Wildman–Crippen LogP) is 6.44. The highest BCUT2D eigenvalue weighted by molar-refractivity contribution is 14.1. The second-order valence-electron chi connectivity index (χ2n) is 4.51. The van der Waals surface area contributed by atoms with Gasteiger partial charge in [0.15, 0.2) is 5.06 Å². The first-order valence-corrected chi connectivity index (χ1v) is 9.62. The molecule has 3 aromatic rings. The van der Waals surface area contributed by atoms with Crippen molar-refractivity contribution in [3.05, 3.63) is 38.3 Å². The van der Waals surface area contributed by atoms with Crippen LogP contribution in [0, 0.1) is 16.7 Å². The summed E-state index contributed by atoms with van der Waals surface area (Å²) in [7, 11) is 1.72. The highest BCUT2D eigenvalue weighted by Gasteiger charge is 2.14. The van der Waals surface area contributed by atoms with Crippen molar-refractivity contribution in [1.29, 1.82) is 0 Å². The van der Waals surface area contributed by atoms with Crippen LogP contribution in [0.1, 0.15) is 11.1 Å². The number of rotatable bonds is 3. The van der Waals surface area contributed by atoms with Gasteiger partial charge in [-0.25, -0.2) is 0 Å². The van der Waals surface area contributed by atoms with Gasteiger partial charge in [0.2, 0.25) is 0 Å². The van der Waals surface area contributed by atoms with E-state index in [-0.39, 0.29) is 0 Å². The highest BCUT2D eigenvalue weighted by Crippen LogP contribution is 2.44. The molecular weight excluding hydrogens is 419 g/mol. The van der Waals surface area contributed by atoms with Crippen molar-refractivity contribution >= 4 is 56.6 Å². The van der Waals surface area contributed by atoms with Crippen molar-refractivity contribution in [3.63, 3.8) is 0 Å². The molecule has 0 spiro atoms. The zero-order chi connectivity index (χ0) is 14.3. The molecule has 0 N–H and O–H groups in total. The number of ether oxygens (including phenoxy) is 1. The number of halogens is 1. The van der Waals surface area contributed by atoms with E-state index in [1.54, 1.807) is 18.4 Å². The molecule has 3 aromatic heterocycles. The summed E-state index contributed by atoms with van der Waals surface area (Å²) >= 11 is 7.85. The summed E-state index contributed by atoms with van der Waals surface area (Å²) in [5.74, 6) is 0. The Morgan fingerprint density at radius 3 is 2.20 bits per heavy atom. The van der Waals surface area contributed by atoms with Gasteiger partial charge >= 0.3 is 0 Å². The Bertz CT molecular complexity index is 751. The molecule has 0 saturated heterocycles. The average molecular weight is 432 g/mol. The molecule has 0 atom stereocenters. The molecule has 0 radical (unpaired) electrons. The van der Waals surface area contributed by atoms with Crippen molar-refractivity contribution in [2.75, 3.05) is 7.11 Å². The van der Waals surface area contributed by atoms with Crippen molar-refractivity contribution in [3.8, 4) is 24.6 Å². The Morgan fingerprint density at radius 1 is 0.900 bits per heavy atom. The van der Waals surface area contributed by atoms with Crippen LogP contribution in [0.15, 0.2) is 24.3 Å². The van der Waals surface area contributed by atoms with Crippen LogP contribution in [0.5, 0.6) is 5.06 Å². The lowest BCUT2D eigenvalue weighted by Gasteiger charge is -1.94. The standard InChI is InChI=1S/C15H13IOS3/c1-8-6-11(15-9(2)7-12(16)20-15)19-14(8)10-4-5-13(17-3)18-10/h4-7H,1-3H3. The summed E-state index contributed by atoms with van der Waals surface area (Å²) in [5, 5.41) is 0.969. The fourth-order valence-electron chi connectivity index (χ4n) is 2.08. The summed E-state index contributed by atoms with van der Waals surface area (Å²) < 4.78 is 6.64. The molecule has 104 valence electrons. The van der Waals surface area contributed by atoms with E-state index in [9.17, 15) is 0 Å². The van der Waals surface area contributed by atoms with Gasteiger partial charge in [-0.3, -0.25) is 0 Å². The van der Waals surface area contributed by atoms with Gasteiger partial charge in [0, 0.05) is 19.5 Å². The average Bonchev–Trinajstić information content (AvgIpc) is 3.08. The molecule has 0 aromatic carbocycles. The topological polar surface area (TPSA) is 9.23 Å². The van der Waals surface area contributed by atoms with Gasteiger partial charge in [-0.15, -0.1) is 22.7 Å². The molecule has 5 heteroatoms. The molecule has 0 aliphatic carbocycles. The number of aryl methyl sites for hydroxylation is 2. The van der Waals surface area contributed by atoms with E-state index in [1.807, 2.05) is 28.7 Å². The minimum atomic E-state index is 0.969. The van der Waals surface area contributed by atoms with Gasteiger partial charge in [-0.2, -0.15) is 0 Å². The minimum Gasteiger partial charge on any atom is -0.487 e. The van der Waals surface area contributed by atoms with Crippen LogP contribution in [0.2, 0.25) is 0 Å². The zero-order valence-electron chi connectivity index (χ0n) is 11.3. The molecule has 20 heavy (non-hydrogen) atoms. The van der Waals surface area contributed by atoms with E-state index in [0.717, 1.165) is 5.06 Å². The monoisotopic (exact) mass is 432 g/mol. The molecule has 0 aliphatic heterocycles. The summed E-state index contributed by atoms with van der Waals surface area (Å²) in [6.07, 6.45) is 0. The largest absolute Gasteiger partial charge is 0.487 e. The molecule has 3 heterocycles. The van der Waals surface area contributed by atoms with Crippen LogP contribution in [0.25, 0.3) is 19.5 Å².